The van der Waals surface area contributed by atoms with E-state index in [1.807, 2.05) is 6.92 Å². The maximum absolute atomic E-state index is 14.3. The van der Waals surface area contributed by atoms with E-state index in [-0.39, 0.29) is 18.1 Å². The number of imide groups is 1. The van der Waals surface area contributed by atoms with Crippen LogP contribution in [0, 0.1) is 18.7 Å². The zero-order valence-electron chi connectivity index (χ0n) is 16.9. The number of amides is 2. The molecule has 3 aromatic rings. The summed E-state index contributed by atoms with van der Waals surface area (Å²) in [5.74, 6) is 0.680. The second kappa shape index (κ2) is 7.50. The predicted octanol–water partition coefficient (Wildman–Crippen LogP) is 3.17. The smallest absolute Gasteiger partial charge is 0.254 e. The highest BCUT2D eigenvalue weighted by atomic mass is 19.1. The van der Waals surface area contributed by atoms with E-state index < -0.39 is 5.91 Å². The molecule has 5 rings (SSSR count). The highest BCUT2D eigenvalue weighted by Gasteiger charge is 2.25. The molecule has 31 heavy (non-hydrogen) atoms. The van der Waals surface area contributed by atoms with Gasteiger partial charge in [-0.05, 0) is 49.5 Å². The Balaban J connectivity index is 1.56. The summed E-state index contributed by atoms with van der Waals surface area (Å²) in [6.45, 7) is 2.70. The first-order valence-corrected chi connectivity index (χ1v) is 10.2. The number of aromatic nitrogens is 3. The van der Waals surface area contributed by atoms with E-state index >= 15 is 0 Å². The zero-order valence-corrected chi connectivity index (χ0v) is 16.9. The molecule has 9 heteroatoms. The number of hydrogen-bond donors (Lipinski definition) is 3. The average Bonchev–Trinajstić information content (AvgIpc) is 3.40. The Morgan fingerprint density at radius 3 is 2.87 bits per heavy atom. The van der Waals surface area contributed by atoms with E-state index in [0.29, 0.717) is 40.0 Å². The average molecular weight is 420 g/mol. The summed E-state index contributed by atoms with van der Waals surface area (Å²) < 4.78 is 15.9. The van der Waals surface area contributed by atoms with E-state index in [4.69, 9.17) is 0 Å². The topological polar surface area (TPSA) is 100 Å². The summed E-state index contributed by atoms with van der Waals surface area (Å²) in [6, 6.07) is 6.61. The molecule has 0 radical (unpaired) electrons. The summed E-state index contributed by atoms with van der Waals surface area (Å²) in [7, 11) is 0. The largest absolute Gasteiger partial charge is 0.370 e. The van der Waals surface area contributed by atoms with Gasteiger partial charge in [-0.1, -0.05) is 6.07 Å². The number of anilines is 3. The van der Waals surface area contributed by atoms with E-state index in [9.17, 15) is 14.0 Å². The molecule has 1 aliphatic carbocycles. The van der Waals surface area contributed by atoms with Gasteiger partial charge in [-0.15, -0.1) is 0 Å². The number of carbonyl (C=O) groups is 2. The van der Waals surface area contributed by atoms with Gasteiger partial charge < -0.3 is 10.6 Å². The van der Waals surface area contributed by atoms with E-state index in [1.165, 1.54) is 18.9 Å². The number of nitrogens with one attached hydrogen (secondary N) is 3. The lowest BCUT2D eigenvalue weighted by atomic mass is 10.1. The van der Waals surface area contributed by atoms with Crippen LogP contribution >= 0.6 is 0 Å². The van der Waals surface area contributed by atoms with Crippen molar-refractivity contribution in [3.63, 3.8) is 0 Å². The van der Waals surface area contributed by atoms with Gasteiger partial charge >= 0.3 is 0 Å². The van der Waals surface area contributed by atoms with Crippen LogP contribution in [-0.4, -0.2) is 33.0 Å². The predicted molar refractivity (Wildman–Crippen MR) is 114 cm³/mol. The molecule has 3 N–H and O–H groups in total. The fourth-order valence-electron chi connectivity index (χ4n) is 3.52. The Labute approximate surface area is 177 Å². The Morgan fingerprint density at radius 1 is 1.29 bits per heavy atom. The zero-order chi connectivity index (χ0) is 21.5. The number of fused-ring (bicyclic) bond motifs is 1. The molecule has 2 aromatic heterocycles. The van der Waals surface area contributed by atoms with Crippen molar-refractivity contribution in [2.24, 2.45) is 5.92 Å². The molecular formula is C22H21FN6O2. The lowest BCUT2D eigenvalue weighted by Gasteiger charge is -2.12. The number of halogens is 1. The van der Waals surface area contributed by atoms with Crippen molar-refractivity contribution < 1.29 is 14.0 Å². The molecule has 2 fully saturated rings. The molecule has 8 nitrogen and oxygen atoms in total. The van der Waals surface area contributed by atoms with Crippen LogP contribution in [0.25, 0.3) is 11.7 Å². The van der Waals surface area contributed by atoms with E-state index in [0.717, 1.165) is 12.1 Å². The summed E-state index contributed by atoms with van der Waals surface area (Å²) in [5.41, 5.74) is 2.70. The van der Waals surface area contributed by atoms with Crippen LogP contribution < -0.4 is 16.0 Å². The standard InChI is InChI=1S/C22H21FN6O2/c1-12-2-5-16(23)17(6-12)26-18-9-19(24-10-13-3-4-13)29-21(27-18)15(11-25-29)7-14-8-20(30)28-22(14)31/h2,5-7,9,11,13,24H,3-4,8,10H2,1H3,(H,26,27)(H,28,30,31)/b14-7+. The van der Waals surface area contributed by atoms with Gasteiger partial charge in [0.05, 0.1) is 18.3 Å². The normalized spacial score (nSPS) is 17.4. The van der Waals surface area contributed by atoms with Gasteiger partial charge in [0, 0.05) is 23.7 Å². The summed E-state index contributed by atoms with van der Waals surface area (Å²) >= 11 is 0. The molecule has 1 saturated heterocycles. The SMILES string of the molecule is Cc1ccc(F)c(Nc2cc(NCC3CC3)n3ncc(/C=C4\CC(=O)NC4=O)c3n2)c1. The van der Waals surface area contributed by atoms with Crippen LogP contribution in [0.3, 0.4) is 0 Å². The fraction of sp³-hybridized carbons (Fsp3) is 0.273. The molecular weight excluding hydrogens is 399 g/mol. The van der Waals surface area contributed by atoms with Crippen LogP contribution in [-0.2, 0) is 9.59 Å². The molecule has 0 atom stereocenters. The maximum atomic E-state index is 14.3. The third kappa shape index (κ3) is 3.98. The molecule has 0 unspecified atom stereocenters. The van der Waals surface area contributed by atoms with Crippen molar-refractivity contribution in [2.75, 3.05) is 17.2 Å². The number of hydrogen-bond acceptors (Lipinski definition) is 6. The highest BCUT2D eigenvalue weighted by Crippen LogP contribution is 2.30. The minimum Gasteiger partial charge on any atom is -0.370 e. The van der Waals surface area contributed by atoms with Gasteiger partial charge in [0.1, 0.15) is 17.5 Å². The number of nitrogens with zero attached hydrogens (tertiary/aromatic N) is 3. The maximum Gasteiger partial charge on any atom is 0.254 e. The molecule has 2 amide bonds. The summed E-state index contributed by atoms with van der Waals surface area (Å²) in [6.07, 6.45) is 5.64. The van der Waals surface area contributed by atoms with Crippen LogP contribution in [0.15, 0.2) is 36.0 Å². The molecule has 1 aliphatic heterocycles. The highest BCUT2D eigenvalue weighted by molar-refractivity contribution is 6.15. The Morgan fingerprint density at radius 2 is 2.13 bits per heavy atom. The third-order valence-electron chi connectivity index (χ3n) is 5.38. The summed E-state index contributed by atoms with van der Waals surface area (Å²) in [5, 5.41) is 13.1. The van der Waals surface area contributed by atoms with Crippen molar-refractivity contribution in [1.29, 1.82) is 0 Å². The third-order valence-corrected chi connectivity index (χ3v) is 5.38. The van der Waals surface area contributed by atoms with Crippen LogP contribution in [0.4, 0.5) is 21.7 Å². The lowest BCUT2D eigenvalue weighted by molar-refractivity contribution is -0.124. The number of rotatable bonds is 6. The van der Waals surface area contributed by atoms with Gasteiger partial charge in [0.2, 0.25) is 5.91 Å². The van der Waals surface area contributed by atoms with Gasteiger partial charge in [-0.2, -0.15) is 9.61 Å². The minimum atomic E-state index is -0.410. The molecule has 2 aliphatic rings. The lowest BCUT2D eigenvalue weighted by Crippen LogP contribution is -2.19. The Bertz CT molecular complexity index is 1240. The molecule has 0 bridgehead atoms. The second-order valence-electron chi connectivity index (χ2n) is 8.02. The van der Waals surface area contributed by atoms with Crippen molar-refractivity contribution in [2.45, 2.75) is 26.2 Å². The first-order valence-electron chi connectivity index (χ1n) is 10.2. The van der Waals surface area contributed by atoms with Crippen LogP contribution in [0.1, 0.15) is 30.4 Å². The number of carbonyl (C=O) groups excluding carboxylic acids is 2. The molecule has 1 aromatic carbocycles. The van der Waals surface area contributed by atoms with Crippen molar-refractivity contribution in [1.82, 2.24) is 19.9 Å². The first kappa shape index (κ1) is 19.2. The van der Waals surface area contributed by atoms with Crippen LogP contribution in [0.5, 0.6) is 0 Å². The Kier molecular flexibility index (Phi) is 4.65. The van der Waals surface area contributed by atoms with E-state index in [1.54, 1.807) is 35.0 Å². The molecule has 1 saturated carbocycles. The van der Waals surface area contributed by atoms with Crippen molar-refractivity contribution >= 4 is 40.9 Å². The first-order chi connectivity index (χ1) is 15.0. The molecule has 3 heterocycles. The minimum absolute atomic E-state index is 0.0232. The number of benzene rings is 1. The van der Waals surface area contributed by atoms with Crippen LogP contribution in [0.2, 0.25) is 0 Å². The molecule has 0 spiro atoms. The van der Waals surface area contributed by atoms with Crippen molar-refractivity contribution in [3.8, 4) is 0 Å². The Hall–Kier alpha value is -3.75. The monoisotopic (exact) mass is 420 g/mol. The van der Waals surface area contributed by atoms with Gasteiger partial charge in [-0.25, -0.2) is 9.37 Å². The number of aryl methyl sites for hydroxylation is 1. The van der Waals surface area contributed by atoms with Gasteiger partial charge in [-0.3, -0.25) is 14.9 Å². The van der Waals surface area contributed by atoms with Crippen molar-refractivity contribution in [3.05, 3.63) is 53.0 Å². The molecule has 158 valence electrons. The van der Waals surface area contributed by atoms with Gasteiger partial charge in [0.15, 0.2) is 5.65 Å². The quantitative estimate of drug-likeness (QED) is 0.418. The van der Waals surface area contributed by atoms with E-state index in [2.05, 4.69) is 26.0 Å². The second-order valence-corrected chi connectivity index (χ2v) is 8.02. The summed E-state index contributed by atoms with van der Waals surface area (Å²) in [4.78, 5) is 28.1. The van der Waals surface area contributed by atoms with Gasteiger partial charge in [0.25, 0.3) is 5.91 Å². The fourth-order valence-corrected chi connectivity index (χ4v) is 3.52.